The van der Waals surface area contributed by atoms with Gasteiger partial charge < -0.3 is 5.73 Å². The Hall–Kier alpha value is -2.65. The molecular weight excluding hydrogens is 290 g/mol. The Morgan fingerprint density at radius 2 is 2.04 bits per heavy atom. The van der Waals surface area contributed by atoms with Crippen molar-refractivity contribution >= 4 is 5.78 Å². The number of nitrogens with two attached hydrogens (primary N) is 1. The number of hydrazine groups is 1. The summed E-state index contributed by atoms with van der Waals surface area (Å²) in [6, 6.07) is 5.90. The lowest BCUT2D eigenvalue weighted by Crippen LogP contribution is -2.45. The summed E-state index contributed by atoms with van der Waals surface area (Å²) in [7, 11) is 3.72. The highest BCUT2D eigenvalue weighted by molar-refractivity contribution is 5.99. The molecule has 1 atom stereocenters. The summed E-state index contributed by atoms with van der Waals surface area (Å²) >= 11 is 0. The van der Waals surface area contributed by atoms with Crippen molar-refractivity contribution in [1.29, 1.82) is 5.26 Å². The van der Waals surface area contributed by atoms with Crippen molar-refractivity contribution in [2.75, 3.05) is 14.1 Å². The Balaban J connectivity index is 2.26. The number of allylic oxidation sites excluding steroid dienone is 3. The molecule has 23 heavy (non-hydrogen) atoms. The number of Topliss-reactive ketones (excluding diaryl/α,β-unsaturated/α-hetero) is 1. The maximum absolute atomic E-state index is 12.7. The van der Waals surface area contributed by atoms with Crippen molar-refractivity contribution < 1.29 is 4.79 Å². The molecule has 2 N–H and O–H groups in total. The van der Waals surface area contributed by atoms with E-state index in [1.165, 1.54) is 0 Å². The van der Waals surface area contributed by atoms with E-state index in [2.05, 4.69) is 11.1 Å². The molecule has 6 heteroatoms. The van der Waals surface area contributed by atoms with Crippen LogP contribution in [-0.2, 0) is 4.79 Å². The second-order valence-electron chi connectivity index (χ2n) is 5.92. The second kappa shape index (κ2) is 5.86. The van der Waals surface area contributed by atoms with Crippen LogP contribution in [0.3, 0.4) is 0 Å². The zero-order valence-corrected chi connectivity index (χ0v) is 13.3. The summed E-state index contributed by atoms with van der Waals surface area (Å²) < 4.78 is 0. The smallest absolute Gasteiger partial charge is 0.161 e. The summed E-state index contributed by atoms with van der Waals surface area (Å²) in [4.78, 5) is 16.7. The van der Waals surface area contributed by atoms with Crippen LogP contribution in [0.5, 0.6) is 0 Å². The van der Waals surface area contributed by atoms with Gasteiger partial charge in [0.1, 0.15) is 5.82 Å². The molecule has 118 valence electrons. The lowest BCUT2D eigenvalue weighted by Gasteiger charge is -2.42. The SMILES string of the molecule is CN(C)N1C(N)=C(C#N)C(c2ccncc2)C2=C1CCCC2=O. The van der Waals surface area contributed by atoms with Gasteiger partial charge in [0.15, 0.2) is 5.78 Å². The minimum atomic E-state index is -0.401. The predicted molar refractivity (Wildman–Crippen MR) is 85.2 cm³/mol. The first-order chi connectivity index (χ1) is 11.1. The normalized spacial score (nSPS) is 21.6. The molecule has 0 radical (unpaired) electrons. The van der Waals surface area contributed by atoms with Gasteiger partial charge in [-0.2, -0.15) is 5.26 Å². The Morgan fingerprint density at radius 3 is 2.65 bits per heavy atom. The maximum atomic E-state index is 12.7. The molecule has 2 heterocycles. The second-order valence-corrected chi connectivity index (χ2v) is 5.92. The van der Waals surface area contributed by atoms with Crippen LogP contribution in [0.2, 0.25) is 0 Å². The van der Waals surface area contributed by atoms with Crippen LogP contribution >= 0.6 is 0 Å². The van der Waals surface area contributed by atoms with Gasteiger partial charge in [0.2, 0.25) is 0 Å². The molecule has 1 aromatic heterocycles. The van der Waals surface area contributed by atoms with E-state index in [1.807, 2.05) is 31.2 Å². The number of ketones is 1. The van der Waals surface area contributed by atoms with Crippen LogP contribution in [0.1, 0.15) is 30.7 Å². The van der Waals surface area contributed by atoms with E-state index in [1.54, 1.807) is 17.4 Å². The van der Waals surface area contributed by atoms with Crippen LogP contribution < -0.4 is 5.73 Å². The first-order valence-electron chi connectivity index (χ1n) is 7.59. The molecule has 0 bridgehead atoms. The minimum absolute atomic E-state index is 0.0974. The number of nitriles is 1. The molecule has 1 aliphatic heterocycles. The van der Waals surface area contributed by atoms with Crippen molar-refractivity contribution in [3.63, 3.8) is 0 Å². The molecule has 0 fully saturated rings. The molecule has 0 spiro atoms. The molecule has 1 aromatic rings. The van der Waals surface area contributed by atoms with Crippen LogP contribution in [-0.4, -0.2) is 34.9 Å². The summed E-state index contributed by atoms with van der Waals surface area (Å²) in [5, 5.41) is 13.3. The topological polar surface area (TPSA) is 86.2 Å². The predicted octanol–water partition coefficient (Wildman–Crippen LogP) is 1.66. The third-order valence-electron chi connectivity index (χ3n) is 4.33. The first-order valence-corrected chi connectivity index (χ1v) is 7.59. The Bertz CT molecular complexity index is 742. The highest BCUT2D eigenvalue weighted by Crippen LogP contribution is 2.44. The number of nitrogens with zero attached hydrogens (tertiary/aromatic N) is 4. The summed E-state index contributed by atoms with van der Waals surface area (Å²) in [6.45, 7) is 0. The van der Waals surface area contributed by atoms with Gasteiger partial charge in [-0.1, -0.05) is 0 Å². The van der Waals surface area contributed by atoms with E-state index in [0.717, 1.165) is 24.1 Å². The van der Waals surface area contributed by atoms with E-state index < -0.39 is 5.92 Å². The number of hydrogen-bond donors (Lipinski definition) is 1. The summed E-state index contributed by atoms with van der Waals surface area (Å²) in [6.07, 6.45) is 5.44. The third kappa shape index (κ3) is 2.39. The van der Waals surface area contributed by atoms with Gasteiger partial charge >= 0.3 is 0 Å². The van der Waals surface area contributed by atoms with Gasteiger partial charge in [-0.25, -0.2) is 5.01 Å². The minimum Gasteiger partial charge on any atom is -0.383 e. The Morgan fingerprint density at radius 1 is 1.35 bits per heavy atom. The van der Waals surface area contributed by atoms with Gasteiger partial charge in [-0.15, -0.1) is 0 Å². The monoisotopic (exact) mass is 309 g/mol. The number of aromatic nitrogens is 1. The largest absolute Gasteiger partial charge is 0.383 e. The highest BCUT2D eigenvalue weighted by Gasteiger charge is 2.40. The maximum Gasteiger partial charge on any atom is 0.161 e. The zero-order valence-electron chi connectivity index (χ0n) is 13.3. The molecule has 0 aromatic carbocycles. The van der Waals surface area contributed by atoms with Gasteiger partial charge in [-0.05, 0) is 30.5 Å². The highest BCUT2D eigenvalue weighted by atomic mass is 16.1. The lowest BCUT2D eigenvalue weighted by atomic mass is 9.76. The molecule has 0 saturated carbocycles. The van der Waals surface area contributed by atoms with Gasteiger partial charge in [0, 0.05) is 44.2 Å². The summed E-state index contributed by atoms with van der Waals surface area (Å²) in [5.74, 6) is 0.0925. The van der Waals surface area contributed by atoms with E-state index in [0.29, 0.717) is 23.4 Å². The molecule has 1 unspecified atom stereocenters. The van der Waals surface area contributed by atoms with Crippen molar-refractivity contribution in [3.8, 4) is 6.07 Å². The zero-order chi connectivity index (χ0) is 16.6. The molecular formula is C17H19N5O. The number of carbonyl (C=O) groups is 1. The number of carbonyl (C=O) groups excluding carboxylic acids is 1. The fourth-order valence-electron chi connectivity index (χ4n) is 3.41. The molecule has 1 aliphatic carbocycles. The Labute approximate surface area is 135 Å². The summed E-state index contributed by atoms with van der Waals surface area (Å²) in [5.41, 5.74) is 9.19. The average molecular weight is 309 g/mol. The number of rotatable bonds is 2. The van der Waals surface area contributed by atoms with Gasteiger partial charge in [0.05, 0.1) is 17.6 Å². The third-order valence-corrected chi connectivity index (χ3v) is 4.33. The Kier molecular flexibility index (Phi) is 3.89. The van der Waals surface area contributed by atoms with Gasteiger partial charge in [0.25, 0.3) is 0 Å². The van der Waals surface area contributed by atoms with Crippen molar-refractivity contribution in [2.45, 2.75) is 25.2 Å². The fourth-order valence-corrected chi connectivity index (χ4v) is 3.41. The average Bonchev–Trinajstić information content (AvgIpc) is 2.54. The van der Waals surface area contributed by atoms with E-state index in [9.17, 15) is 10.1 Å². The van der Waals surface area contributed by atoms with E-state index in [4.69, 9.17) is 5.73 Å². The van der Waals surface area contributed by atoms with Crippen LogP contribution in [0.25, 0.3) is 0 Å². The van der Waals surface area contributed by atoms with Crippen molar-refractivity contribution in [2.24, 2.45) is 5.73 Å². The molecule has 6 nitrogen and oxygen atoms in total. The van der Waals surface area contributed by atoms with Gasteiger partial charge in [-0.3, -0.25) is 14.8 Å². The van der Waals surface area contributed by atoms with Crippen LogP contribution in [0.4, 0.5) is 0 Å². The molecule has 2 aliphatic rings. The van der Waals surface area contributed by atoms with Crippen molar-refractivity contribution in [1.82, 2.24) is 15.0 Å². The number of pyridine rings is 1. The fraction of sp³-hybridized carbons (Fsp3) is 0.353. The first kappa shape index (κ1) is 15.3. The number of hydrogen-bond acceptors (Lipinski definition) is 6. The molecule has 0 amide bonds. The quantitative estimate of drug-likeness (QED) is 0.894. The lowest BCUT2D eigenvalue weighted by molar-refractivity contribution is -0.116. The van der Waals surface area contributed by atoms with Crippen LogP contribution in [0, 0.1) is 11.3 Å². The molecule has 0 saturated heterocycles. The van der Waals surface area contributed by atoms with Crippen molar-refractivity contribution in [3.05, 3.63) is 52.8 Å². The van der Waals surface area contributed by atoms with E-state index in [-0.39, 0.29) is 5.78 Å². The van der Waals surface area contributed by atoms with Crippen LogP contribution in [0.15, 0.2) is 47.2 Å². The van der Waals surface area contributed by atoms with E-state index >= 15 is 0 Å². The molecule has 3 rings (SSSR count). The standard InChI is InChI=1S/C17H19N5O/c1-21(2)22-13-4-3-5-14(23)16(13)15(12(10-18)17(22)19)11-6-8-20-9-7-11/h6-9,15H,3-5,19H2,1-2H3.